The van der Waals surface area contributed by atoms with E-state index in [1.165, 1.54) is 16.7 Å². The fourth-order valence-corrected chi connectivity index (χ4v) is 3.84. The zero-order valence-electron chi connectivity index (χ0n) is 18.9. The molecule has 3 N–H and O–H groups in total. The van der Waals surface area contributed by atoms with Crippen LogP contribution in [0.2, 0.25) is 0 Å². The van der Waals surface area contributed by atoms with Gasteiger partial charge >= 0.3 is 0 Å². The number of hydrogen-bond acceptors (Lipinski definition) is 4. The van der Waals surface area contributed by atoms with E-state index in [0.717, 1.165) is 32.1 Å². The van der Waals surface area contributed by atoms with Gasteiger partial charge in [0.2, 0.25) is 0 Å². The predicted molar refractivity (Wildman–Crippen MR) is 118 cm³/mol. The monoisotopic (exact) mass is 391 g/mol. The fraction of sp³-hybridized carbons (Fsp3) is 0.667. The van der Waals surface area contributed by atoms with Crippen LogP contribution in [0.15, 0.2) is 46.4 Å². The Kier molecular flexibility index (Phi) is 10.6. The van der Waals surface area contributed by atoms with E-state index in [2.05, 4.69) is 45.9 Å². The first-order valence-corrected chi connectivity index (χ1v) is 10.4. The Balaban J connectivity index is 2.64. The topological polar surface area (TPSA) is 64.7 Å². The molecule has 0 amide bonds. The van der Waals surface area contributed by atoms with E-state index >= 15 is 0 Å². The second-order valence-corrected chi connectivity index (χ2v) is 8.34. The Morgan fingerprint density at radius 2 is 1.57 bits per heavy atom. The largest absolute Gasteiger partial charge is 0.496 e. The van der Waals surface area contributed by atoms with E-state index in [4.69, 9.17) is 15.2 Å². The third-order valence-electron chi connectivity index (χ3n) is 5.76. The highest BCUT2D eigenvalue weighted by molar-refractivity contribution is 5.22. The molecule has 0 bridgehead atoms. The maximum absolute atomic E-state index is 10.5. The van der Waals surface area contributed by atoms with Crippen LogP contribution >= 0.6 is 0 Å². The summed E-state index contributed by atoms with van der Waals surface area (Å²) in [5.41, 5.74) is 10.9. The second-order valence-electron chi connectivity index (χ2n) is 8.34. The average molecular weight is 392 g/mol. The molecule has 0 fully saturated rings. The van der Waals surface area contributed by atoms with Gasteiger partial charge in [0.05, 0.1) is 12.8 Å². The fourth-order valence-electron chi connectivity index (χ4n) is 3.84. The van der Waals surface area contributed by atoms with Gasteiger partial charge in [-0.15, -0.1) is 0 Å². The van der Waals surface area contributed by atoms with Crippen molar-refractivity contribution in [3.05, 3.63) is 46.4 Å². The lowest BCUT2D eigenvalue weighted by Crippen LogP contribution is -2.45. The molecular formula is C24H41NO3. The number of hydrogen-bond donors (Lipinski definition) is 2. The average Bonchev–Trinajstić information content (AvgIpc) is 2.63. The molecule has 4 atom stereocenters. The standard InChI is InChI=1S/C24H41NO3/c1-16(2)10-8-11-17(3)12-9-13-18(4)14-15-20-19(5)22(26)24(28-7)21(25)23(20)27-6/h10,12,14,19-20,22-23,26H,8-9,11,13,15,25H2,1-7H3/b17-12+,18-14+/t19-,20-,22?,23-/m0/s1. The van der Waals surface area contributed by atoms with Gasteiger partial charge in [-0.2, -0.15) is 0 Å². The van der Waals surface area contributed by atoms with E-state index in [9.17, 15) is 5.11 Å². The van der Waals surface area contributed by atoms with Gasteiger partial charge < -0.3 is 20.3 Å². The molecule has 0 aromatic heterocycles. The summed E-state index contributed by atoms with van der Waals surface area (Å²) in [5, 5.41) is 10.5. The summed E-state index contributed by atoms with van der Waals surface area (Å²) < 4.78 is 11.0. The molecule has 0 aromatic rings. The van der Waals surface area contributed by atoms with Gasteiger partial charge in [0.15, 0.2) is 0 Å². The zero-order chi connectivity index (χ0) is 21.3. The summed E-state index contributed by atoms with van der Waals surface area (Å²) in [5.74, 6) is 0.605. The highest BCUT2D eigenvalue weighted by Gasteiger charge is 2.41. The van der Waals surface area contributed by atoms with Crippen LogP contribution in [0.1, 0.15) is 66.7 Å². The van der Waals surface area contributed by atoms with Gasteiger partial charge in [0.25, 0.3) is 0 Å². The van der Waals surface area contributed by atoms with Crippen molar-refractivity contribution in [2.24, 2.45) is 17.6 Å². The summed E-state index contributed by atoms with van der Waals surface area (Å²) in [7, 11) is 3.21. The molecular weight excluding hydrogens is 350 g/mol. The molecule has 1 rings (SSSR count). The molecule has 0 spiro atoms. The van der Waals surface area contributed by atoms with Crippen molar-refractivity contribution in [2.45, 2.75) is 78.9 Å². The Morgan fingerprint density at radius 3 is 2.11 bits per heavy atom. The van der Waals surface area contributed by atoms with Crippen molar-refractivity contribution in [2.75, 3.05) is 14.2 Å². The Labute approximate surface area is 172 Å². The van der Waals surface area contributed by atoms with E-state index in [0.29, 0.717) is 11.5 Å². The minimum absolute atomic E-state index is 0.0217. The number of allylic oxidation sites excluding steroid dienone is 6. The molecule has 28 heavy (non-hydrogen) atoms. The lowest BCUT2D eigenvalue weighted by atomic mass is 9.76. The van der Waals surface area contributed by atoms with Crippen molar-refractivity contribution < 1.29 is 14.6 Å². The highest BCUT2D eigenvalue weighted by atomic mass is 16.5. The van der Waals surface area contributed by atoms with Gasteiger partial charge in [0, 0.05) is 7.11 Å². The number of aliphatic hydroxyl groups excluding tert-OH is 1. The number of aliphatic hydroxyl groups is 1. The summed E-state index contributed by atoms with van der Waals surface area (Å²) >= 11 is 0. The van der Waals surface area contributed by atoms with E-state index in [1.54, 1.807) is 14.2 Å². The number of nitrogens with two attached hydrogens (primary N) is 1. The van der Waals surface area contributed by atoms with Gasteiger partial charge in [-0.1, -0.05) is 41.9 Å². The van der Waals surface area contributed by atoms with Crippen LogP contribution in [-0.4, -0.2) is 31.5 Å². The summed E-state index contributed by atoms with van der Waals surface area (Å²) in [6.45, 7) is 10.7. The summed E-state index contributed by atoms with van der Waals surface area (Å²) in [6, 6.07) is 0. The molecule has 0 saturated heterocycles. The second kappa shape index (κ2) is 12.1. The Morgan fingerprint density at radius 1 is 1.00 bits per heavy atom. The first-order chi connectivity index (χ1) is 13.2. The van der Waals surface area contributed by atoms with Crippen LogP contribution < -0.4 is 5.73 Å². The SMILES string of the molecule is COC1=C(N)[C@@H](OC)[C@@H](C/C=C(\C)CC/C=C(\C)CCC=C(C)C)[C@H](C)C1O. The van der Waals surface area contributed by atoms with Gasteiger partial charge in [-0.05, 0) is 71.6 Å². The van der Waals surface area contributed by atoms with Crippen LogP contribution in [0.25, 0.3) is 0 Å². The van der Waals surface area contributed by atoms with Gasteiger partial charge in [-0.25, -0.2) is 0 Å². The third-order valence-corrected chi connectivity index (χ3v) is 5.76. The normalized spacial score (nSPS) is 26.4. The van der Waals surface area contributed by atoms with Crippen LogP contribution in [0.4, 0.5) is 0 Å². The maximum atomic E-state index is 10.5. The minimum atomic E-state index is -0.679. The van der Waals surface area contributed by atoms with Gasteiger partial charge in [-0.3, -0.25) is 0 Å². The number of rotatable bonds is 10. The molecule has 160 valence electrons. The Bertz CT molecular complexity index is 611. The van der Waals surface area contributed by atoms with E-state index < -0.39 is 6.10 Å². The van der Waals surface area contributed by atoms with E-state index in [1.807, 2.05) is 6.92 Å². The predicted octanol–water partition coefficient (Wildman–Crippen LogP) is 5.25. The first-order valence-electron chi connectivity index (χ1n) is 10.4. The summed E-state index contributed by atoms with van der Waals surface area (Å²) in [6.07, 6.45) is 11.2. The smallest absolute Gasteiger partial charge is 0.146 e. The first kappa shape index (κ1) is 24.5. The molecule has 0 saturated carbocycles. The molecule has 0 radical (unpaired) electrons. The van der Waals surface area contributed by atoms with Crippen molar-refractivity contribution in [1.29, 1.82) is 0 Å². The van der Waals surface area contributed by atoms with Crippen LogP contribution in [-0.2, 0) is 9.47 Å². The quantitative estimate of drug-likeness (QED) is 0.499. The lowest BCUT2D eigenvalue weighted by molar-refractivity contribution is -0.0230. The third kappa shape index (κ3) is 7.14. The van der Waals surface area contributed by atoms with Gasteiger partial charge in [0.1, 0.15) is 18.0 Å². The lowest BCUT2D eigenvalue weighted by Gasteiger charge is -2.39. The van der Waals surface area contributed by atoms with Crippen molar-refractivity contribution in [3.8, 4) is 0 Å². The molecule has 4 heteroatoms. The molecule has 0 aromatic carbocycles. The van der Waals surface area contributed by atoms with Crippen LogP contribution in [0, 0.1) is 11.8 Å². The Hall–Kier alpha value is -1.52. The zero-order valence-corrected chi connectivity index (χ0v) is 18.9. The number of ether oxygens (including phenoxy) is 2. The summed E-state index contributed by atoms with van der Waals surface area (Å²) in [4.78, 5) is 0. The van der Waals surface area contributed by atoms with Crippen molar-refractivity contribution in [3.63, 3.8) is 0 Å². The van der Waals surface area contributed by atoms with Crippen LogP contribution in [0.3, 0.4) is 0 Å². The minimum Gasteiger partial charge on any atom is -0.496 e. The van der Waals surface area contributed by atoms with Crippen LogP contribution in [0.5, 0.6) is 0 Å². The molecule has 1 aliphatic carbocycles. The van der Waals surface area contributed by atoms with Crippen molar-refractivity contribution in [1.82, 2.24) is 0 Å². The molecule has 0 heterocycles. The molecule has 1 aliphatic rings. The number of methoxy groups -OCH3 is 2. The molecule has 1 unspecified atom stereocenters. The highest BCUT2D eigenvalue weighted by Crippen LogP contribution is 2.37. The van der Waals surface area contributed by atoms with Crippen molar-refractivity contribution >= 4 is 0 Å². The molecule has 4 nitrogen and oxygen atoms in total. The molecule has 0 aliphatic heterocycles. The van der Waals surface area contributed by atoms with E-state index in [-0.39, 0.29) is 17.9 Å². The maximum Gasteiger partial charge on any atom is 0.146 e.